The highest BCUT2D eigenvalue weighted by Gasteiger charge is 2.29. The Hall–Kier alpha value is -4.24. The number of nitrogens with one attached hydrogen (secondary N) is 2. The van der Waals surface area contributed by atoms with Gasteiger partial charge in [-0.1, -0.05) is 30.0 Å². The van der Waals surface area contributed by atoms with Crippen LogP contribution in [-0.2, 0) is 4.79 Å². The molecular formula is C31H30N4O4S. The van der Waals surface area contributed by atoms with Gasteiger partial charge < -0.3 is 19.9 Å². The zero-order valence-corrected chi connectivity index (χ0v) is 23.0. The maximum Gasteiger partial charge on any atom is 0.288 e. The average Bonchev–Trinajstić information content (AvgIpc) is 3.52. The van der Waals surface area contributed by atoms with Crippen molar-refractivity contribution >= 4 is 51.1 Å². The van der Waals surface area contributed by atoms with Crippen LogP contribution in [0.3, 0.4) is 0 Å². The number of ether oxygens (including phenoxy) is 1. The van der Waals surface area contributed by atoms with Gasteiger partial charge in [-0.25, -0.2) is 0 Å². The molecule has 1 atom stereocenters. The van der Waals surface area contributed by atoms with Gasteiger partial charge in [0.1, 0.15) is 5.75 Å². The predicted molar refractivity (Wildman–Crippen MR) is 159 cm³/mol. The molecule has 2 aliphatic heterocycles. The number of aromatic nitrogens is 1. The van der Waals surface area contributed by atoms with E-state index in [1.807, 2.05) is 71.8 Å². The topological polar surface area (TPSA) is 94.7 Å². The summed E-state index contributed by atoms with van der Waals surface area (Å²) in [6.45, 7) is 3.33. The molecule has 8 nitrogen and oxygen atoms in total. The molecule has 1 saturated heterocycles. The molecule has 0 bridgehead atoms. The Labute approximate surface area is 236 Å². The molecule has 6 rings (SSSR count). The van der Waals surface area contributed by atoms with E-state index in [0.717, 1.165) is 51.6 Å². The second kappa shape index (κ2) is 11.1. The largest absolute Gasteiger partial charge is 0.493 e. The second-order valence-corrected chi connectivity index (χ2v) is 11.0. The number of aromatic amines is 1. The smallest absolute Gasteiger partial charge is 0.288 e. The van der Waals surface area contributed by atoms with Crippen molar-refractivity contribution in [1.82, 2.24) is 9.88 Å². The van der Waals surface area contributed by atoms with Gasteiger partial charge >= 0.3 is 0 Å². The number of hydrogen-bond donors (Lipinski definition) is 2. The molecule has 40 heavy (non-hydrogen) atoms. The Bertz CT molecular complexity index is 1580. The van der Waals surface area contributed by atoms with Gasteiger partial charge in [0.15, 0.2) is 0 Å². The predicted octanol–water partition coefficient (Wildman–Crippen LogP) is 6.15. The number of H-pyrrole nitrogens is 1. The fraction of sp³-hybridized carbons (Fsp3) is 0.258. The van der Waals surface area contributed by atoms with Crippen LogP contribution < -0.4 is 15.0 Å². The van der Waals surface area contributed by atoms with E-state index in [9.17, 15) is 14.4 Å². The van der Waals surface area contributed by atoms with E-state index < -0.39 is 0 Å². The van der Waals surface area contributed by atoms with Gasteiger partial charge in [-0.15, -0.1) is 0 Å². The van der Waals surface area contributed by atoms with Crippen LogP contribution in [0.1, 0.15) is 30.1 Å². The molecule has 3 amide bonds. The number of amides is 3. The summed E-state index contributed by atoms with van der Waals surface area (Å²) >= 11 is 1.03. The summed E-state index contributed by atoms with van der Waals surface area (Å²) in [5, 5.41) is 4.37. The summed E-state index contributed by atoms with van der Waals surface area (Å²) in [5.41, 5.74) is 5.22. The third-order valence-corrected chi connectivity index (χ3v) is 8.20. The van der Waals surface area contributed by atoms with Crippen LogP contribution in [0.5, 0.6) is 5.75 Å². The molecule has 1 fully saturated rings. The number of rotatable bonds is 7. The van der Waals surface area contributed by atoms with Crippen LogP contribution >= 0.6 is 11.8 Å². The normalized spacial score (nSPS) is 17.1. The first-order valence-electron chi connectivity index (χ1n) is 13.5. The van der Waals surface area contributed by atoms with Gasteiger partial charge in [0.2, 0.25) is 5.91 Å². The molecule has 0 radical (unpaired) electrons. The molecular weight excluding hydrogens is 524 g/mol. The molecule has 0 saturated carbocycles. The summed E-state index contributed by atoms with van der Waals surface area (Å²) < 4.78 is 6.26. The zero-order chi connectivity index (χ0) is 27.6. The minimum atomic E-state index is -0.209. The Morgan fingerprint density at radius 1 is 1.07 bits per heavy atom. The third-order valence-electron chi connectivity index (χ3n) is 7.34. The highest BCUT2D eigenvalue weighted by atomic mass is 32.2. The van der Waals surface area contributed by atoms with Gasteiger partial charge in [-0.05, 0) is 79.2 Å². The van der Waals surface area contributed by atoms with Gasteiger partial charge in [0.25, 0.3) is 11.1 Å². The molecule has 2 N–H and O–H groups in total. The Kier molecular flexibility index (Phi) is 7.21. The van der Waals surface area contributed by atoms with Crippen LogP contribution in [0.25, 0.3) is 22.0 Å². The lowest BCUT2D eigenvalue weighted by atomic mass is 10.0. The standard InChI is InChI=1S/C31H30N4O4S/c1-20-12-15-34(27-6-3-2-5-26(27)33-20)30(37)23-7-9-24(21-8-10-25-22(17-21)11-13-32-25)28(18-23)39-16-4-14-35-29(36)19-40-31(35)38/h2-3,5-11,13,17-18,20,32-33H,4,12,14-16,19H2,1H3/t20-/m0/s1. The maximum absolute atomic E-state index is 13.9. The van der Waals surface area contributed by atoms with E-state index in [0.29, 0.717) is 37.4 Å². The van der Waals surface area contributed by atoms with E-state index in [2.05, 4.69) is 23.3 Å². The van der Waals surface area contributed by atoms with Crippen molar-refractivity contribution in [1.29, 1.82) is 0 Å². The highest BCUT2D eigenvalue weighted by molar-refractivity contribution is 8.14. The molecule has 0 spiro atoms. The zero-order valence-electron chi connectivity index (χ0n) is 22.2. The van der Waals surface area contributed by atoms with Gasteiger partial charge in [-0.2, -0.15) is 0 Å². The van der Waals surface area contributed by atoms with E-state index in [4.69, 9.17) is 4.74 Å². The first-order valence-corrected chi connectivity index (χ1v) is 14.5. The van der Waals surface area contributed by atoms with Crippen molar-refractivity contribution in [3.05, 3.63) is 78.5 Å². The number of anilines is 2. The van der Waals surface area contributed by atoms with E-state index in [1.165, 1.54) is 4.90 Å². The lowest BCUT2D eigenvalue weighted by Gasteiger charge is -2.23. The summed E-state index contributed by atoms with van der Waals surface area (Å²) in [6.07, 6.45) is 3.22. The van der Waals surface area contributed by atoms with Crippen LogP contribution in [0.2, 0.25) is 0 Å². The van der Waals surface area contributed by atoms with Crippen molar-refractivity contribution in [2.75, 3.05) is 35.7 Å². The van der Waals surface area contributed by atoms with Gasteiger partial charge in [-0.3, -0.25) is 19.3 Å². The van der Waals surface area contributed by atoms with Crippen LogP contribution in [-0.4, -0.2) is 58.4 Å². The summed E-state index contributed by atoms with van der Waals surface area (Å²) in [6, 6.07) is 21.9. The number of thioether (sulfide) groups is 1. The van der Waals surface area contributed by atoms with Crippen LogP contribution in [0.15, 0.2) is 72.9 Å². The van der Waals surface area contributed by atoms with Crippen molar-refractivity contribution in [3.63, 3.8) is 0 Å². The lowest BCUT2D eigenvalue weighted by Crippen LogP contribution is -2.32. The van der Waals surface area contributed by atoms with Crippen molar-refractivity contribution in [2.24, 2.45) is 0 Å². The summed E-state index contributed by atoms with van der Waals surface area (Å²) in [4.78, 5) is 44.1. The number of imide groups is 1. The molecule has 1 aromatic heterocycles. The maximum atomic E-state index is 13.9. The van der Waals surface area contributed by atoms with Gasteiger partial charge in [0, 0.05) is 42.0 Å². The molecule has 0 aliphatic carbocycles. The number of fused-ring (bicyclic) bond motifs is 2. The number of benzene rings is 3. The van der Waals surface area contributed by atoms with Crippen LogP contribution in [0.4, 0.5) is 16.2 Å². The molecule has 2 aliphatic rings. The van der Waals surface area contributed by atoms with Gasteiger partial charge in [0.05, 0.1) is 23.7 Å². The van der Waals surface area contributed by atoms with Crippen molar-refractivity contribution < 1.29 is 19.1 Å². The molecule has 204 valence electrons. The Morgan fingerprint density at radius 2 is 1.95 bits per heavy atom. The van der Waals surface area contributed by atoms with Crippen molar-refractivity contribution in [2.45, 2.75) is 25.8 Å². The molecule has 3 heterocycles. The fourth-order valence-corrected chi connectivity index (χ4v) is 5.97. The molecule has 4 aromatic rings. The van der Waals surface area contributed by atoms with Crippen LogP contribution in [0, 0.1) is 0 Å². The summed E-state index contributed by atoms with van der Waals surface area (Å²) in [7, 11) is 0. The number of nitrogens with zero attached hydrogens (tertiary/aromatic N) is 2. The second-order valence-electron chi connectivity index (χ2n) is 10.1. The minimum Gasteiger partial charge on any atom is -0.493 e. The number of hydrogen-bond acceptors (Lipinski definition) is 6. The van der Waals surface area contributed by atoms with Crippen molar-refractivity contribution in [3.8, 4) is 16.9 Å². The average molecular weight is 555 g/mol. The molecule has 9 heteroatoms. The molecule has 0 unspecified atom stereocenters. The fourth-order valence-electron chi connectivity index (χ4n) is 5.21. The minimum absolute atomic E-state index is 0.0916. The first kappa shape index (κ1) is 26.0. The Balaban J connectivity index is 1.29. The Morgan fingerprint density at radius 3 is 2.80 bits per heavy atom. The SMILES string of the molecule is C[C@H]1CCN(C(=O)c2ccc(-c3ccc4[nH]ccc4c3)c(OCCCN3C(=O)CSC3=O)c2)c2ccccc2N1. The third kappa shape index (κ3) is 5.16. The quantitative estimate of drug-likeness (QED) is 0.266. The van der Waals surface area contributed by atoms with E-state index >= 15 is 0 Å². The highest BCUT2D eigenvalue weighted by Crippen LogP contribution is 2.35. The number of carbonyl (C=O) groups excluding carboxylic acids is 3. The number of carbonyl (C=O) groups is 3. The monoisotopic (exact) mass is 554 g/mol. The number of para-hydroxylation sites is 2. The van der Waals surface area contributed by atoms with E-state index in [-0.39, 0.29) is 28.8 Å². The molecule has 3 aromatic carbocycles. The first-order chi connectivity index (χ1) is 19.5. The van der Waals surface area contributed by atoms with E-state index in [1.54, 1.807) is 0 Å². The summed E-state index contributed by atoms with van der Waals surface area (Å²) in [5.74, 6) is 0.531. The lowest BCUT2D eigenvalue weighted by molar-refractivity contribution is -0.124.